The number of carbonyl (C=O) groups is 1. The number of nitrogens with zero attached hydrogens (tertiary/aromatic N) is 1. The molecule has 19 heavy (non-hydrogen) atoms. The van der Waals surface area contributed by atoms with Crippen LogP contribution >= 0.6 is 11.3 Å². The highest BCUT2D eigenvalue weighted by Gasteiger charge is 2.10. The van der Waals surface area contributed by atoms with Crippen LogP contribution in [0.5, 0.6) is 0 Å². The zero-order valence-corrected chi connectivity index (χ0v) is 11.5. The molecular formula is C11H10N2O4S2. The van der Waals surface area contributed by atoms with Crippen LogP contribution in [0.1, 0.15) is 10.5 Å². The standard InChI is InChI=1S/C11H10N2O4S2/c1-19(16,17)13-8-4-2-7(3-5-8)10-12-9(6-18-10)11(14)15/h2-6,13H,1H3,(H,14,15). The number of sulfonamides is 1. The molecule has 0 saturated carbocycles. The molecule has 0 fully saturated rings. The van der Waals surface area contributed by atoms with Gasteiger partial charge in [-0.2, -0.15) is 0 Å². The molecule has 0 aliphatic heterocycles. The van der Waals surface area contributed by atoms with Crippen molar-refractivity contribution in [2.75, 3.05) is 11.0 Å². The highest BCUT2D eigenvalue weighted by molar-refractivity contribution is 7.92. The Labute approximate surface area is 113 Å². The van der Waals surface area contributed by atoms with Crippen molar-refractivity contribution in [2.45, 2.75) is 0 Å². The molecule has 0 aliphatic carbocycles. The van der Waals surface area contributed by atoms with Crippen molar-refractivity contribution in [3.05, 3.63) is 35.3 Å². The molecule has 0 bridgehead atoms. The summed E-state index contributed by atoms with van der Waals surface area (Å²) < 4.78 is 24.4. The maximum atomic E-state index is 11.0. The molecule has 100 valence electrons. The first kappa shape index (κ1) is 13.5. The van der Waals surface area contributed by atoms with Gasteiger partial charge in [0.05, 0.1) is 6.26 Å². The van der Waals surface area contributed by atoms with Gasteiger partial charge in [0.2, 0.25) is 10.0 Å². The Hall–Kier alpha value is -1.93. The smallest absolute Gasteiger partial charge is 0.355 e. The minimum Gasteiger partial charge on any atom is -0.476 e. The van der Waals surface area contributed by atoms with Crippen LogP contribution in [0.3, 0.4) is 0 Å². The van der Waals surface area contributed by atoms with Gasteiger partial charge in [0.15, 0.2) is 5.69 Å². The van der Waals surface area contributed by atoms with E-state index in [9.17, 15) is 13.2 Å². The number of benzene rings is 1. The first-order chi connectivity index (χ1) is 8.85. The lowest BCUT2D eigenvalue weighted by molar-refractivity contribution is 0.0691. The molecule has 2 aromatic rings. The maximum Gasteiger partial charge on any atom is 0.355 e. The summed E-state index contributed by atoms with van der Waals surface area (Å²) in [5, 5.41) is 10.8. The van der Waals surface area contributed by atoms with Gasteiger partial charge < -0.3 is 5.11 Å². The van der Waals surface area contributed by atoms with Crippen LogP contribution in [-0.2, 0) is 10.0 Å². The van der Waals surface area contributed by atoms with E-state index in [1.165, 1.54) is 16.7 Å². The van der Waals surface area contributed by atoms with Crippen LogP contribution in [-0.4, -0.2) is 30.7 Å². The highest BCUT2D eigenvalue weighted by atomic mass is 32.2. The molecule has 1 aromatic heterocycles. The molecule has 8 heteroatoms. The van der Waals surface area contributed by atoms with E-state index in [0.717, 1.165) is 11.8 Å². The fourth-order valence-corrected chi connectivity index (χ4v) is 2.76. The molecule has 0 atom stereocenters. The van der Waals surface area contributed by atoms with E-state index in [2.05, 4.69) is 9.71 Å². The average Bonchev–Trinajstić information content (AvgIpc) is 2.77. The fourth-order valence-electron chi connectivity index (χ4n) is 1.40. The maximum absolute atomic E-state index is 11.0. The third-order valence-electron chi connectivity index (χ3n) is 2.16. The molecule has 1 aromatic carbocycles. The number of carboxylic acids is 1. The van der Waals surface area contributed by atoms with Crippen LogP contribution in [0.2, 0.25) is 0 Å². The number of thiazole rings is 1. The van der Waals surface area contributed by atoms with Crippen molar-refractivity contribution in [3.63, 3.8) is 0 Å². The number of aromatic carboxylic acids is 1. The molecule has 6 nitrogen and oxygen atoms in total. The van der Waals surface area contributed by atoms with Crippen LogP contribution in [0.15, 0.2) is 29.6 Å². The molecule has 0 saturated heterocycles. The van der Waals surface area contributed by atoms with Crippen LogP contribution in [0.25, 0.3) is 10.6 Å². The second-order valence-electron chi connectivity index (χ2n) is 3.79. The Morgan fingerprint density at radius 3 is 2.42 bits per heavy atom. The van der Waals surface area contributed by atoms with Crippen molar-refractivity contribution in [2.24, 2.45) is 0 Å². The molecule has 1 heterocycles. The summed E-state index contributed by atoms with van der Waals surface area (Å²) in [4.78, 5) is 14.7. The molecule has 2 N–H and O–H groups in total. The summed E-state index contributed by atoms with van der Waals surface area (Å²) in [6, 6.07) is 6.55. The minimum atomic E-state index is -3.30. The topological polar surface area (TPSA) is 96.4 Å². The van der Waals surface area contributed by atoms with E-state index in [4.69, 9.17) is 5.11 Å². The minimum absolute atomic E-state index is 0.00154. The Bertz CT molecular complexity index is 705. The summed E-state index contributed by atoms with van der Waals surface area (Å²) in [6.07, 6.45) is 1.07. The van der Waals surface area contributed by atoms with Gasteiger partial charge in [-0.15, -0.1) is 11.3 Å². The summed E-state index contributed by atoms with van der Waals surface area (Å²) >= 11 is 1.22. The van der Waals surface area contributed by atoms with Crippen LogP contribution in [0.4, 0.5) is 5.69 Å². The Balaban J connectivity index is 2.24. The van der Waals surface area contributed by atoms with Crippen LogP contribution < -0.4 is 4.72 Å². The van der Waals surface area contributed by atoms with Gasteiger partial charge in [-0.1, -0.05) is 0 Å². The van der Waals surface area contributed by atoms with Gasteiger partial charge in [0, 0.05) is 16.6 Å². The van der Waals surface area contributed by atoms with Crippen LogP contribution in [0, 0.1) is 0 Å². The van der Waals surface area contributed by atoms with Crippen molar-refractivity contribution in [1.29, 1.82) is 0 Å². The monoisotopic (exact) mass is 298 g/mol. The summed E-state index contributed by atoms with van der Waals surface area (Å²) in [5.41, 5.74) is 1.18. The molecule has 0 spiro atoms. The third kappa shape index (κ3) is 3.52. The molecule has 0 amide bonds. The lowest BCUT2D eigenvalue weighted by atomic mass is 10.2. The van der Waals surface area contributed by atoms with E-state index in [1.54, 1.807) is 24.3 Å². The van der Waals surface area contributed by atoms with Gasteiger partial charge in [0.25, 0.3) is 0 Å². The number of hydrogen-bond acceptors (Lipinski definition) is 5. The number of anilines is 1. The molecular weight excluding hydrogens is 288 g/mol. The predicted molar refractivity (Wildman–Crippen MR) is 73.0 cm³/mol. The Morgan fingerprint density at radius 2 is 1.95 bits per heavy atom. The predicted octanol–water partition coefficient (Wildman–Crippen LogP) is 1.88. The lowest BCUT2D eigenvalue weighted by Gasteiger charge is -2.03. The number of carboxylic acid groups (broad SMARTS) is 1. The Morgan fingerprint density at radius 1 is 1.32 bits per heavy atom. The number of hydrogen-bond donors (Lipinski definition) is 2. The quantitative estimate of drug-likeness (QED) is 0.898. The zero-order chi connectivity index (χ0) is 14.0. The van der Waals surface area contributed by atoms with Crippen molar-refractivity contribution >= 4 is 33.0 Å². The zero-order valence-electron chi connectivity index (χ0n) is 9.82. The highest BCUT2D eigenvalue weighted by Crippen LogP contribution is 2.25. The third-order valence-corrected chi connectivity index (χ3v) is 3.66. The number of nitrogens with one attached hydrogen (secondary N) is 1. The van der Waals surface area contributed by atoms with Gasteiger partial charge in [-0.25, -0.2) is 18.2 Å². The SMILES string of the molecule is CS(=O)(=O)Nc1ccc(-c2nc(C(=O)O)cs2)cc1. The number of rotatable bonds is 4. The summed E-state index contributed by atoms with van der Waals surface area (Å²) in [7, 11) is -3.30. The normalized spacial score (nSPS) is 11.2. The van der Waals surface area contributed by atoms with Gasteiger partial charge in [-0.05, 0) is 24.3 Å². The van der Waals surface area contributed by atoms with E-state index < -0.39 is 16.0 Å². The van der Waals surface area contributed by atoms with Gasteiger partial charge >= 0.3 is 5.97 Å². The van der Waals surface area contributed by atoms with E-state index in [0.29, 0.717) is 10.7 Å². The first-order valence-electron chi connectivity index (χ1n) is 5.12. The van der Waals surface area contributed by atoms with E-state index >= 15 is 0 Å². The summed E-state index contributed by atoms with van der Waals surface area (Å²) in [6.45, 7) is 0. The molecule has 0 unspecified atom stereocenters. The summed E-state index contributed by atoms with van der Waals surface area (Å²) in [5.74, 6) is -1.07. The molecule has 0 aliphatic rings. The average molecular weight is 298 g/mol. The van der Waals surface area contributed by atoms with Crippen molar-refractivity contribution in [3.8, 4) is 10.6 Å². The van der Waals surface area contributed by atoms with Crippen molar-refractivity contribution < 1.29 is 18.3 Å². The van der Waals surface area contributed by atoms with E-state index in [-0.39, 0.29) is 5.69 Å². The molecule has 0 radical (unpaired) electrons. The van der Waals surface area contributed by atoms with E-state index in [1.807, 2.05) is 0 Å². The number of aromatic nitrogens is 1. The Kier molecular flexibility index (Phi) is 3.54. The molecule has 2 rings (SSSR count). The van der Waals surface area contributed by atoms with Gasteiger partial charge in [0.1, 0.15) is 5.01 Å². The fraction of sp³-hybridized carbons (Fsp3) is 0.0909. The largest absolute Gasteiger partial charge is 0.476 e. The second kappa shape index (κ2) is 4.98. The first-order valence-corrected chi connectivity index (χ1v) is 7.89. The van der Waals surface area contributed by atoms with Gasteiger partial charge in [-0.3, -0.25) is 4.72 Å². The van der Waals surface area contributed by atoms with Crippen molar-refractivity contribution in [1.82, 2.24) is 4.98 Å². The lowest BCUT2D eigenvalue weighted by Crippen LogP contribution is -2.09. The second-order valence-corrected chi connectivity index (χ2v) is 6.40.